The van der Waals surface area contributed by atoms with Gasteiger partial charge in [0.05, 0.1) is 5.92 Å². The number of ketones is 2. The number of rotatable bonds is 5. The number of hydrogen-bond donors (Lipinski definition) is 0. The molecule has 28 heavy (non-hydrogen) atoms. The van der Waals surface area contributed by atoms with E-state index < -0.39 is 0 Å². The van der Waals surface area contributed by atoms with Gasteiger partial charge in [0, 0.05) is 23.2 Å². The Morgan fingerprint density at radius 3 is 1.75 bits per heavy atom. The molecule has 4 saturated carbocycles. The molecule has 6 atom stereocenters. The summed E-state index contributed by atoms with van der Waals surface area (Å²) in [5, 5.41) is 0. The highest BCUT2D eigenvalue weighted by molar-refractivity contribution is 5.92. The van der Waals surface area contributed by atoms with Crippen LogP contribution in [0.15, 0.2) is 0 Å². The minimum absolute atomic E-state index is 0.0109. The molecule has 0 spiro atoms. The van der Waals surface area contributed by atoms with Gasteiger partial charge in [0.15, 0.2) is 0 Å². The summed E-state index contributed by atoms with van der Waals surface area (Å²) >= 11 is 0. The van der Waals surface area contributed by atoms with Crippen LogP contribution in [-0.2, 0) is 19.1 Å². The maximum atomic E-state index is 12.9. The Kier molecular flexibility index (Phi) is 4.25. The summed E-state index contributed by atoms with van der Waals surface area (Å²) in [6, 6.07) is 0. The van der Waals surface area contributed by atoms with Crippen LogP contribution >= 0.6 is 0 Å². The van der Waals surface area contributed by atoms with Crippen LogP contribution in [0.4, 0.5) is 0 Å². The van der Waals surface area contributed by atoms with Crippen LogP contribution < -0.4 is 0 Å². The van der Waals surface area contributed by atoms with Crippen LogP contribution in [0.2, 0.25) is 0 Å². The van der Waals surface area contributed by atoms with E-state index >= 15 is 0 Å². The van der Waals surface area contributed by atoms with Gasteiger partial charge in [-0.15, -0.1) is 0 Å². The van der Waals surface area contributed by atoms with Crippen LogP contribution in [0, 0.1) is 45.3 Å². The third kappa shape index (κ3) is 2.26. The second-order valence-corrected chi connectivity index (χ2v) is 11.6. The highest BCUT2D eigenvalue weighted by Crippen LogP contribution is 2.67. The second kappa shape index (κ2) is 5.92. The number of esters is 1. The van der Waals surface area contributed by atoms with Gasteiger partial charge in [-0.25, -0.2) is 0 Å². The van der Waals surface area contributed by atoms with Crippen molar-refractivity contribution in [3.05, 3.63) is 0 Å². The molecule has 4 aliphatic rings. The summed E-state index contributed by atoms with van der Waals surface area (Å²) in [5.74, 6) is 0.899. The predicted octanol–water partition coefficient (Wildman–Crippen LogP) is 4.59. The maximum absolute atomic E-state index is 12.9. The van der Waals surface area contributed by atoms with Crippen molar-refractivity contribution in [3.8, 4) is 0 Å². The van der Waals surface area contributed by atoms with Gasteiger partial charge in [-0.05, 0) is 54.8 Å². The molecule has 0 amide bonds. The van der Waals surface area contributed by atoms with Gasteiger partial charge in [-0.2, -0.15) is 0 Å². The Labute approximate surface area is 169 Å². The zero-order valence-electron chi connectivity index (χ0n) is 18.4. The van der Waals surface area contributed by atoms with E-state index in [2.05, 4.69) is 41.5 Å². The third-order valence-electron chi connectivity index (χ3n) is 10.4. The standard InChI is InChI=1S/C24H36O4/c1-21(2)16-9-11-23(21,5)19(26)14(16)7-8-18(25)28-13-15-17-10-12-24(6,20(15)27)22(17,3)4/h14-17H,7-13H2,1-6H3/t14-,15-,16-,17+,23+,24+/m1/s1. The maximum Gasteiger partial charge on any atom is 0.305 e. The molecule has 0 unspecified atom stereocenters. The molecular formula is C24H36O4. The van der Waals surface area contributed by atoms with Crippen LogP contribution in [-0.4, -0.2) is 24.1 Å². The number of carbonyl (C=O) groups is 3. The molecule has 4 aliphatic carbocycles. The second-order valence-electron chi connectivity index (χ2n) is 11.6. The third-order valence-corrected chi connectivity index (χ3v) is 10.4. The van der Waals surface area contributed by atoms with E-state index in [0.29, 0.717) is 24.0 Å². The zero-order valence-corrected chi connectivity index (χ0v) is 18.4. The lowest BCUT2D eigenvalue weighted by Gasteiger charge is -2.32. The van der Waals surface area contributed by atoms with E-state index in [-0.39, 0.29) is 58.3 Å². The van der Waals surface area contributed by atoms with Gasteiger partial charge >= 0.3 is 5.97 Å². The van der Waals surface area contributed by atoms with Crippen molar-refractivity contribution in [3.63, 3.8) is 0 Å². The number of fused-ring (bicyclic) bond motifs is 4. The van der Waals surface area contributed by atoms with Crippen molar-refractivity contribution < 1.29 is 19.1 Å². The number of Topliss-reactive ketones (excluding diaryl/α,β-unsaturated/α-hetero) is 2. The fraction of sp³-hybridized carbons (Fsp3) is 0.875. The summed E-state index contributed by atoms with van der Waals surface area (Å²) in [5.41, 5.74) is -0.499. The first-order valence-corrected chi connectivity index (χ1v) is 11.1. The van der Waals surface area contributed by atoms with Gasteiger partial charge in [0.1, 0.15) is 18.2 Å². The highest BCUT2D eigenvalue weighted by Gasteiger charge is 2.67. The van der Waals surface area contributed by atoms with Crippen molar-refractivity contribution in [1.29, 1.82) is 0 Å². The molecule has 0 aromatic carbocycles. The van der Waals surface area contributed by atoms with E-state index in [1.165, 1.54) is 0 Å². The number of ether oxygens (including phenoxy) is 1. The van der Waals surface area contributed by atoms with E-state index in [0.717, 1.165) is 25.7 Å². The molecule has 0 radical (unpaired) electrons. The Bertz CT molecular complexity index is 675. The lowest BCUT2D eigenvalue weighted by molar-refractivity contribution is -0.148. The largest absolute Gasteiger partial charge is 0.465 e. The Balaban J connectivity index is 1.32. The van der Waals surface area contributed by atoms with Crippen molar-refractivity contribution in [2.24, 2.45) is 45.3 Å². The first-order chi connectivity index (χ1) is 12.9. The van der Waals surface area contributed by atoms with Gasteiger partial charge in [0.25, 0.3) is 0 Å². The molecule has 4 rings (SSSR count). The SMILES string of the molecule is CC1(C)[C@@H]2CC[C@@]1(C)C(=O)[C@@H]2CCC(=O)OC[C@H]1C(=O)[C@]2(C)CC[C@@H]1C2(C)C. The molecule has 0 saturated heterocycles. The summed E-state index contributed by atoms with van der Waals surface area (Å²) in [7, 11) is 0. The molecule has 0 aliphatic heterocycles. The van der Waals surface area contributed by atoms with Crippen molar-refractivity contribution >= 4 is 17.5 Å². The van der Waals surface area contributed by atoms with Crippen molar-refractivity contribution in [2.75, 3.05) is 6.61 Å². The Morgan fingerprint density at radius 2 is 1.32 bits per heavy atom. The number of carbonyl (C=O) groups excluding carboxylic acids is 3. The summed E-state index contributed by atoms with van der Waals surface area (Å²) < 4.78 is 5.57. The van der Waals surface area contributed by atoms with Crippen LogP contribution in [0.25, 0.3) is 0 Å². The topological polar surface area (TPSA) is 60.4 Å². The number of hydrogen-bond acceptors (Lipinski definition) is 4. The Hall–Kier alpha value is -1.19. The van der Waals surface area contributed by atoms with Crippen LogP contribution in [0.1, 0.15) is 80.1 Å². The van der Waals surface area contributed by atoms with E-state index in [1.54, 1.807) is 0 Å². The normalized spacial score (nSPS) is 45.1. The van der Waals surface area contributed by atoms with Gasteiger partial charge in [-0.1, -0.05) is 41.5 Å². The average molecular weight is 389 g/mol. The first-order valence-electron chi connectivity index (χ1n) is 11.1. The summed E-state index contributed by atoms with van der Waals surface area (Å²) in [6.45, 7) is 13.2. The molecule has 0 heterocycles. The molecule has 4 nitrogen and oxygen atoms in total. The molecule has 0 aromatic heterocycles. The van der Waals surface area contributed by atoms with Crippen LogP contribution in [0.5, 0.6) is 0 Å². The molecule has 4 fully saturated rings. The first kappa shape index (κ1) is 20.1. The molecule has 4 bridgehead atoms. The lowest BCUT2D eigenvalue weighted by atomic mass is 9.70. The molecule has 4 heteroatoms. The smallest absolute Gasteiger partial charge is 0.305 e. The summed E-state index contributed by atoms with van der Waals surface area (Å²) in [6.07, 6.45) is 4.93. The summed E-state index contributed by atoms with van der Waals surface area (Å²) in [4.78, 5) is 38.2. The van der Waals surface area contributed by atoms with Gasteiger partial charge < -0.3 is 4.74 Å². The predicted molar refractivity (Wildman–Crippen MR) is 106 cm³/mol. The van der Waals surface area contributed by atoms with Gasteiger partial charge in [-0.3, -0.25) is 14.4 Å². The molecule has 0 aromatic rings. The minimum atomic E-state index is -0.273. The monoisotopic (exact) mass is 388 g/mol. The molecule has 156 valence electrons. The Morgan fingerprint density at radius 1 is 0.857 bits per heavy atom. The average Bonchev–Trinajstić information content (AvgIpc) is 3.10. The van der Waals surface area contributed by atoms with E-state index in [1.807, 2.05) is 0 Å². The van der Waals surface area contributed by atoms with E-state index in [4.69, 9.17) is 4.74 Å². The fourth-order valence-electron chi connectivity index (χ4n) is 7.60. The van der Waals surface area contributed by atoms with Gasteiger partial charge in [0.2, 0.25) is 0 Å². The zero-order chi connectivity index (χ0) is 20.7. The quantitative estimate of drug-likeness (QED) is 0.646. The van der Waals surface area contributed by atoms with E-state index in [9.17, 15) is 14.4 Å². The molecular weight excluding hydrogens is 352 g/mol. The highest BCUT2D eigenvalue weighted by atomic mass is 16.5. The lowest BCUT2D eigenvalue weighted by Crippen LogP contribution is -2.34. The van der Waals surface area contributed by atoms with Crippen molar-refractivity contribution in [1.82, 2.24) is 0 Å². The fourth-order valence-corrected chi connectivity index (χ4v) is 7.60. The minimum Gasteiger partial charge on any atom is -0.465 e. The van der Waals surface area contributed by atoms with Crippen LogP contribution in [0.3, 0.4) is 0 Å². The molecule has 0 N–H and O–H groups in total. The van der Waals surface area contributed by atoms with Crippen molar-refractivity contribution in [2.45, 2.75) is 80.1 Å².